The molecule has 0 aliphatic carbocycles. The van der Waals surface area contributed by atoms with Crippen LogP contribution in [0.5, 0.6) is 11.5 Å². The minimum atomic E-state index is -4.70. The molecule has 0 aromatic heterocycles. The van der Waals surface area contributed by atoms with E-state index in [9.17, 15) is 21.6 Å². The second-order valence-corrected chi connectivity index (χ2v) is 6.32. The molecule has 18 heavy (non-hydrogen) atoms. The molecule has 9 heteroatoms. The first kappa shape index (κ1) is 13.3. The van der Waals surface area contributed by atoms with Crippen LogP contribution in [0.25, 0.3) is 0 Å². The molecule has 0 saturated carbocycles. The molecular weight excluding hydrogens is 297 g/mol. The molecule has 0 spiro atoms. The molecule has 0 saturated heterocycles. The summed E-state index contributed by atoms with van der Waals surface area (Å²) in [7, 11) is 0.872. The molecule has 1 aromatic carbocycles. The zero-order valence-corrected chi connectivity index (χ0v) is 10.2. The van der Waals surface area contributed by atoms with E-state index in [0.717, 1.165) is 6.07 Å². The molecule has 2 rings (SSSR count). The van der Waals surface area contributed by atoms with E-state index < -0.39 is 32.1 Å². The lowest BCUT2D eigenvalue weighted by Gasteiger charge is -2.12. The number of rotatable bonds is 2. The van der Waals surface area contributed by atoms with Crippen LogP contribution < -0.4 is 9.47 Å². The summed E-state index contributed by atoms with van der Waals surface area (Å²) < 4.78 is 69.8. The second kappa shape index (κ2) is 4.20. The predicted molar refractivity (Wildman–Crippen MR) is 56.0 cm³/mol. The summed E-state index contributed by atoms with van der Waals surface area (Å²) in [4.78, 5) is 0. The highest BCUT2D eigenvalue weighted by Crippen LogP contribution is 2.41. The average Bonchev–Trinajstić information content (AvgIpc) is 2.58. The third-order valence-electron chi connectivity index (χ3n) is 2.23. The number of alkyl halides is 3. The number of hydrogen-bond donors (Lipinski definition) is 0. The van der Waals surface area contributed by atoms with Gasteiger partial charge in [-0.2, -0.15) is 13.2 Å². The van der Waals surface area contributed by atoms with Crippen LogP contribution in [0.2, 0.25) is 0 Å². The molecule has 100 valence electrons. The molecular formula is C9H6ClF3O4S. The van der Waals surface area contributed by atoms with Gasteiger partial charge in [-0.1, -0.05) is 0 Å². The van der Waals surface area contributed by atoms with E-state index >= 15 is 0 Å². The third-order valence-corrected chi connectivity index (χ3v) is 3.21. The van der Waals surface area contributed by atoms with Gasteiger partial charge in [-0.3, -0.25) is 0 Å². The summed E-state index contributed by atoms with van der Waals surface area (Å²) in [6.45, 7) is -0.205. The fraction of sp³-hybridized carbons (Fsp3) is 0.333. The number of benzene rings is 1. The van der Waals surface area contributed by atoms with Gasteiger partial charge < -0.3 is 9.47 Å². The predicted octanol–water partition coefficient (Wildman–Crippen LogP) is 2.50. The summed E-state index contributed by atoms with van der Waals surface area (Å²) in [5, 5.41) is 0. The molecule has 0 fully saturated rings. The van der Waals surface area contributed by atoms with Crippen molar-refractivity contribution in [2.45, 2.75) is 11.9 Å². The van der Waals surface area contributed by atoms with E-state index in [1.807, 2.05) is 0 Å². The maximum atomic E-state index is 12.8. The molecule has 0 amide bonds. The Morgan fingerprint density at radius 1 is 1.22 bits per heavy atom. The third kappa shape index (κ3) is 2.81. The first-order chi connectivity index (χ1) is 8.17. The monoisotopic (exact) mass is 302 g/mol. The Kier molecular flexibility index (Phi) is 3.10. The van der Waals surface area contributed by atoms with Crippen molar-refractivity contribution >= 4 is 19.7 Å². The van der Waals surface area contributed by atoms with Crippen molar-refractivity contribution in [1.29, 1.82) is 0 Å². The van der Waals surface area contributed by atoms with Gasteiger partial charge in [0.25, 0.3) is 0 Å². The summed E-state index contributed by atoms with van der Waals surface area (Å²) in [5.74, 6) is -0.934. The van der Waals surface area contributed by atoms with Crippen LogP contribution in [0.3, 0.4) is 0 Å². The Labute approximate surface area is 105 Å². The molecule has 0 atom stereocenters. The van der Waals surface area contributed by atoms with Crippen LogP contribution in [-0.2, 0) is 21.0 Å². The van der Waals surface area contributed by atoms with E-state index in [4.69, 9.17) is 20.2 Å². The van der Waals surface area contributed by atoms with Crippen molar-refractivity contribution < 1.29 is 31.1 Å². The maximum Gasteiger partial charge on any atom is 0.416 e. The van der Waals surface area contributed by atoms with Gasteiger partial charge in [0.05, 0.1) is 11.3 Å². The fourth-order valence-corrected chi connectivity index (χ4v) is 2.52. The van der Waals surface area contributed by atoms with Gasteiger partial charge in [-0.25, -0.2) is 8.42 Å². The molecule has 4 nitrogen and oxygen atoms in total. The maximum absolute atomic E-state index is 12.8. The van der Waals surface area contributed by atoms with Crippen molar-refractivity contribution in [1.82, 2.24) is 0 Å². The standard InChI is InChI=1S/C9H6ClF3O4S/c10-18(14,15)3-5-1-7-8(17-4-16-7)2-6(5)9(11,12)13/h1-2H,3-4H2. The van der Waals surface area contributed by atoms with E-state index in [-0.39, 0.29) is 18.3 Å². The molecule has 0 radical (unpaired) electrons. The van der Waals surface area contributed by atoms with Crippen LogP contribution in [0.15, 0.2) is 12.1 Å². The summed E-state index contributed by atoms with van der Waals surface area (Å²) in [6, 6.07) is 1.69. The Morgan fingerprint density at radius 3 is 2.28 bits per heavy atom. The lowest BCUT2D eigenvalue weighted by atomic mass is 10.1. The highest BCUT2D eigenvalue weighted by molar-refractivity contribution is 8.13. The molecule has 0 bridgehead atoms. The SMILES string of the molecule is O=S(=O)(Cl)Cc1cc2c(cc1C(F)(F)F)OCO2. The average molecular weight is 303 g/mol. The largest absolute Gasteiger partial charge is 0.454 e. The Morgan fingerprint density at radius 2 is 1.78 bits per heavy atom. The van der Waals surface area contributed by atoms with E-state index in [1.165, 1.54) is 0 Å². The van der Waals surface area contributed by atoms with Crippen LogP contribution >= 0.6 is 10.7 Å². The normalized spacial score (nSPS) is 14.9. The van der Waals surface area contributed by atoms with Crippen molar-refractivity contribution in [3.05, 3.63) is 23.3 Å². The lowest BCUT2D eigenvalue weighted by Crippen LogP contribution is -2.11. The van der Waals surface area contributed by atoms with Gasteiger partial charge in [0, 0.05) is 10.7 Å². The fourth-order valence-electron chi connectivity index (χ4n) is 1.55. The highest BCUT2D eigenvalue weighted by atomic mass is 35.7. The Balaban J connectivity index is 2.55. The van der Waals surface area contributed by atoms with Crippen LogP contribution in [0, 0.1) is 0 Å². The van der Waals surface area contributed by atoms with Gasteiger partial charge in [-0.05, 0) is 17.7 Å². The number of fused-ring (bicyclic) bond motifs is 1. The molecule has 1 aliphatic rings. The zero-order chi connectivity index (χ0) is 13.6. The molecule has 1 aromatic rings. The highest BCUT2D eigenvalue weighted by Gasteiger charge is 2.36. The zero-order valence-electron chi connectivity index (χ0n) is 8.62. The molecule has 0 N–H and O–H groups in total. The summed E-state index contributed by atoms with van der Waals surface area (Å²) >= 11 is 0. The van der Waals surface area contributed by atoms with Gasteiger partial charge in [0.1, 0.15) is 0 Å². The number of halogens is 4. The van der Waals surface area contributed by atoms with Gasteiger partial charge in [0.15, 0.2) is 11.5 Å². The van der Waals surface area contributed by atoms with E-state index in [1.54, 1.807) is 0 Å². The number of hydrogen-bond acceptors (Lipinski definition) is 4. The first-order valence-corrected chi connectivity index (χ1v) is 7.07. The van der Waals surface area contributed by atoms with Crippen LogP contribution in [-0.4, -0.2) is 15.2 Å². The number of ether oxygens (including phenoxy) is 2. The van der Waals surface area contributed by atoms with Gasteiger partial charge in [0.2, 0.25) is 15.8 Å². The Bertz CT molecular complexity index is 582. The second-order valence-electron chi connectivity index (χ2n) is 3.54. The smallest absolute Gasteiger partial charge is 0.416 e. The van der Waals surface area contributed by atoms with Crippen LogP contribution in [0.4, 0.5) is 13.2 Å². The lowest BCUT2D eigenvalue weighted by molar-refractivity contribution is -0.138. The topological polar surface area (TPSA) is 52.6 Å². The van der Waals surface area contributed by atoms with Crippen molar-refractivity contribution in [3.63, 3.8) is 0 Å². The van der Waals surface area contributed by atoms with Gasteiger partial charge in [-0.15, -0.1) is 0 Å². The molecule has 1 heterocycles. The molecule has 1 aliphatic heterocycles. The molecule has 0 unspecified atom stereocenters. The van der Waals surface area contributed by atoms with E-state index in [2.05, 4.69) is 0 Å². The summed E-state index contributed by atoms with van der Waals surface area (Å²) in [6.07, 6.45) is -4.70. The minimum absolute atomic E-state index is 0.0679. The van der Waals surface area contributed by atoms with Crippen molar-refractivity contribution in [2.24, 2.45) is 0 Å². The first-order valence-electron chi connectivity index (χ1n) is 4.59. The van der Waals surface area contributed by atoms with Crippen molar-refractivity contribution in [3.8, 4) is 11.5 Å². The van der Waals surface area contributed by atoms with Crippen molar-refractivity contribution in [2.75, 3.05) is 6.79 Å². The van der Waals surface area contributed by atoms with Crippen LogP contribution in [0.1, 0.15) is 11.1 Å². The van der Waals surface area contributed by atoms with Gasteiger partial charge >= 0.3 is 6.18 Å². The Hall–Kier alpha value is -1.15. The quantitative estimate of drug-likeness (QED) is 0.788. The minimum Gasteiger partial charge on any atom is -0.454 e. The van der Waals surface area contributed by atoms with E-state index in [0.29, 0.717) is 6.07 Å². The summed E-state index contributed by atoms with van der Waals surface area (Å²) in [5.41, 5.74) is -1.57.